The first-order valence-corrected chi connectivity index (χ1v) is 10.2. The predicted molar refractivity (Wildman–Crippen MR) is 93.2 cm³/mol. The van der Waals surface area contributed by atoms with Gasteiger partial charge in [0, 0.05) is 12.6 Å². The zero-order valence-electron chi connectivity index (χ0n) is 13.8. The first-order chi connectivity index (χ1) is 11.2. The monoisotopic (exact) mass is 376 g/mol. The average molecular weight is 377 g/mol. The number of benzene rings is 1. The average Bonchev–Trinajstić information content (AvgIpc) is 2.54. The summed E-state index contributed by atoms with van der Waals surface area (Å²) in [6.45, 7) is 2.35. The molecule has 1 aromatic rings. The van der Waals surface area contributed by atoms with Crippen LogP contribution in [0.4, 0.5) is 10.1 Å². The quantitative estimate of drug-likeness (QED) is 0.793. The fraction of sp³-hybridized carbons (Fsp3) is 0.562. The molecule has 1 aliphatic heterocycles. The minimum atomic E-state index is -3.70. The van der Waals surface area contributed by atoms with E-state index in [9.17, 15) is 17.6 Å². The lowest BCUT2D eigenvalue weighted by Crippen LogP contribution is -2.48. The number of rotatable bonds is 5. The molecule has 134 valence electrons. The molecule has 1 unspecified atom stereocenters. The summed E-state index contributed by atoms with van der Waals surface area (Å²) in [4.78, 5) is 14.4. The Morgan fingerprint density at radius 3 is 2.71 bits per heavy atom. The lowest BCUT2D eigenvalue weighted by atomic mass is 10.00. The second-order valence-corrected chi connectivity index (χ2v) is 8.33. The number of hydrogen-bond acceptors (Lipinski definition) is 3. The predicted octanol–water partition coefficient (Wildman–Crippen LogP) is 3.04. The van der Waals surface area contributed by atoms with E-state index in [1.54, 1.807) is 4.90 Å². The van der Waals surface area contributed by atoms with Crippen LogP contribution < -0.4 is 4.31 Å². The normalized spacial score (nSPS) is 18.5. The number of anilines is 1. The molecule has 24 heavy (non-hydrogen) atoms. The van der Waals surface area contributed by atoms with Crippen LogP contribution in [0.15, 0.2) is 18.2 Å². The highest BCUT2D eigenvalue weighted by atomic mass is 35.5. The number of halogens is 2. The minimum Gasteiger partial charge on any atom is -0.338 e. The SMILES string of the molecule is CCC1CCCCN1C(=O)CN(c1ccc(F)c(Cl)c1)S(C)(=O)=O. The molecule has 0 bridgehead atoms. The van der Waals surface area contributed by atoms with Gasteiger partial charge in [-0.15, -0.1) is 0 Å². The second kappa shape index (κ2) is 7.70. The van der Waals surface area contributed by atoms with Crippen LogP contribution in [-0.4, -0.2) is 44.6 Å². The molecule has 1 saturated heterocycles. The van der Waals surface area contributed by atoms with Crippen molar-refractivity contribution in [1.82, 2.24) is 4.90 Å². The van der Waals surface area contributed by atoms with Gasteiger partial charge in [-0.1, -0.05) is 18.5 Å². The van der Waals surface area contributed by atoms with Crippen molar-refractivity contribution >= 4 is 33.2 Å². The number of carbonyl (C=O) groups excluding carboxylic acids is 1. The molecule has 1 atom stereocenters. The largest absolute Gasteiger partial charge is 0.338 e. The van der Waals surface area contributed by atoms with Gasteiger partial charge in [0.1, 0.15) is 12.4 Å². The summed E-state index contributed by atoms with van der Waals surface area (Å²) in [5.74, 6) is -0.880. The van der Waals surface area contributed by atoms with Crippen molar-refractivity contribution in [3.8, 4) is 0 Å². The number of hydrogen-bond donors (Lipinski definition) is 0. The molecule has 0 aliphatic carbocycles. The van der Waals surface area contributed by atoms with Gasteiger partial charge in [-0.2, -0.15) is 0 Å². The van der Waals surface area contributed by atoms with E-state index in [2.05, 4.69) is 0 Å². The molecule has 1 fully saturated rings. The topological polar surface area (TPSA) is 57.7 Å². The van der Waals surface area contributed by atoms with Crippen LogP contribution in [-0.2, 0) is 14.8 Å². The van der Waals surface area contributed by atoms with Gasteiger partial charge in [-0.05, 0) is 43.9 Å². The Hall–Kier alpha value is -1.34. The Labute approximate surface area is 147 Å². The summed E-state index contributed by atoms with van der Waals surface area (Å²) in [5, 5.41) is -0.182. The first-order valence-electron chi connectivity index (χ1n) is 7.96. The Bertz CT molecular complexity index is 711. The van der Waals surface area contributed by atoms with E-state index < -0.39 is 15.8 Å². The zero-order valence-corrected chi connectivity index (χ0v) is 15.4. The van der Waals surface area contributed by atoms with Gasteiger partial charge >= 0.3 is 0 Å². The number of piperidine rings is 1. The Morgan fingerprint density at radius 2 is 2.12 bits per heavy atom. The molecule has 1 heterocycles. The third-order valence-corrected chi connectivity index (χ3v) is 5.72. The molecular formula is C16H22ClFN2O3S. The Kier molecular flexibility index (Phi) is 6.09. The van der Waals surface area contributed by atoms with Crippen LogP contribution in [0, 0.1) is 5.82 Å². The van der Waals surface area contributed by atoms with Gasteiger partial charge in [0.2, 0.25) is 15.9 Å². The molecule has 8 heteroatoms. The molecule has 0 saturated carbocycles. The van der Waals surface area contributed by atoms with Crippen LogP contribution in [0.3, 0.4) is 0 Å². The summed E-state index contributed by atoms with van der Waals surface area (Å²) in [6, 6.07) is 3.77. The minimum absolute atomic E-state index is 0.143. The van der Waals surface area contributed by atoms with Crippen molar-refractivity contribution in [1.29, 1.82) is 0 Å². The lowest BCUT2D eigenvalue weighted by Gasteiger charge is -2.36. The van der Waals surface area contributed by atoms with Crippen molar-refractivity contribution in [3.05, 3.63) is 29.0 Å². The lowest BCUT2D eigenvalue weighted by molar-refractivity contribution is -0.133. The molecule has 1 aliphatic rings. The maximum atomic E-state index is 13.3. The van der Waals surface area contributed by atoms with E-state index in [4.69, 9.17) is 11.6 Å². The maximum Gasteiger partial charge on any atom is 0.243 e. The van der Waals surface area contributed by atoms with Gasteiger partial charge in [-0.25, -0.2) is 12.8 Å². The number of carbonyl (C=O) groups is 1. The highest BCUT2D eigenvalue weighted by molar-refractivity contribution is 7.92. The van der Waals surface area contributed by atoms with Gasteiger partial charge in [0.05, 0.1) is 17.0 Å². The standard InChI is InChI=1S/C16H22ClFN2O3S/c1-3-12-6-4-5-9-19(12)16(21)11-20(24(2,22)23)13-7-8-15(18)14(17)10-13/h7-8,10,12H,3-6,9,11H2,1-2H3. The fourth-order valence-electron chi connectivity index (χ4n) is 3.01. The third kappa shape index (κ3) is 4.39. The van der Waals surface area contributed by atoms with Gasteiger partial charge in [0.25, 0.3) is 0 Å². The van der Waals surface area contributed by atoms with Crippen molar-refractivity contribution in [2.75, 3.05) is 23.7 Å². The fourth-order valence-corrected chi connectivity index (χ4v) is 4.02. The van der Waals surface area contributed by atoms with Crippen LogP contribution in [0.2, 0.25) is 5.02 Å². The van der Waals surface area contributed by atoms with E-state index in [0.29, 0.717) is 6.54 Å². The van der Waals surface area contributed by atoms with Crippen LogP contribution in [0.1, 0.15) is 32.6 Å². The van der Waals surface area contributed by atoms with E-state index >= 15 is 0 Å². The maximum absolute atomic E-state index is 13.3. The smallest absolute Gasteiger partial charge is 0.243 e. The van der Waals surface area contributed by atoms with Crippen molar-refractivity contribution < 1.29 is 17.6 Å². The van der Waals surface area contributed by atoms with Crippen molar-refractivity contribution in [2.24, 2.45) is 0 Å². The number of amides is 1. The molecule has 2 rings (SSSR count). The molecule has 1 aromatic carbocycles. The van der Waals surface area contributed by atoms with Gasteiger partial charge < -0.3 is 4.90 Å². The number of nitrogens with zero attached hydrogens (tertiary/aromatic N) is 2. The van der Waals surface area contributed by atoms with Gasteiger partial charge in [-0.3, -0.25) is 9.10 Å². The summed E-state index contributed by atoms with van der Waals surface area (Å²) in [6.07, 6.45) is 4.79. The molecule has 0 spiro atoms. The van der Waals surface area contributed by atoms with Crippen LogP contribution in [0.5, 0.6) is 0 Å². The number of sulfonamides is 1. The summed E-state index contributed by atoms with van der Waals surface area (Å²) in [5.41, 5.74) is 0.183. The van der Waals surface area contributed by atoms with Crippen molar-refractivity contribution in [2.45, 2.75) is 38.6 Å². The van der Waals surface area contributed by atoms with Gasteiger partial charge in [0.15, 0.2) is 0 Å². The van der Waals surface area contributed by atoms with Crippen LogP contribution in [0.25, 0.3) is 0 Å². The van der Waals surface area contributed by atoms with Crippen LogP contribution >= 0.6 is 11.6 Å². The second-order valence-electron chi connectivity index (χ2n) is 6.01. The van der Waals surface area contributed by atoms with E-state index in [0.717, 1.165) is 42.3 Å². The molecule has 0 N–H and O–H groups in total. The molecule has 1 amide bonds. The molecule has 0 aromatic heterocycles. The zero-order chi connectivity index (χ0) is 17.9. The van der Waals surface area contributed by atoms with E-state index in [-0.39, 0.29) is 29.2 Å². The third-order valence-electron chi connectivity index (χ3n) is 4.29. The highest BCUT2D eigenvalue weighted by Gasteiger charge is 2.29. The molecular weight excluding hydrogens is 355 g/mol. The molecule has 0 radical (unpaired) electrons. The van der Waals surface area contributed by atoms with E-state index in [1.807, 2.05) is 6.92 Å². The van der Waals surface area contributed by atoms with E-state index in [1.165, 1.54) is 12.1 Å². The highest BCUT2D eigenvalue weighted by Crippen LogP contribution is 2.25. The summed E-state index contributed by atoms with van der Waals surface area (Å²) in [7, 11) is -3.70. The summed E-state index contributed by atoms with van der Waals surface area (Å²) >= 11 is 5.75. The molecule has 5 nitrogen and oxygen atoms in total. The number of likely N-dealkylation sites (tertiary alicyclic amines) is 1. The first kappa shape index (κ1) is 19.0. The Balaban J connectivity index is 2.26. The summed E-state index contributed by atoms with van der Waals surface area (Å²) < 4.78 is 38.5. The Morgan fingerprint density at radius 1 is 1.42 bits per heavy atom. The van der Waals surface area contributed by atoms with Crippen molar-refractivity contribution in [3.63, 3.8) is 0 Å².